The van der Waals surface area contributed by atoms with Crippen LogP contribution in [0.3, 0.4) is 0 Å². The maximum Gasteiger partial charge on any atom is 0.260 e. The van der Waals surface area contributed by atoms with E-state index in [1.165, 1.54) is 0 Å². The third-order valence-electron chi connectivity index (χ3n) is 5.88. The molecule has 156 valence electrons. The quantitative estimate of drug-likeness (QED) is 0.788. The Kier molecular flexibility index (Phi) is 5.99. The lowest BCUT2D eigenvalue weighted by Crippen LogP contribution is -2.52. The number of nitrogens with one attached hydrogen (secondary N) is 1. The second kappa shape index (κ2) is 8.82. The smallest absolute Gasteiger partial charge is 0.260 e. The van der Waals surface area contributed by atoms with E-state index in [0.29, 0.717) is 51.3 Å². The first kappa shape index (κ1) is 19.7. The van der Waals surface area contributed by atoms with Gasteiger partial charge in [-0.25, -0.2) is 0 Å². The van der Waals surface area contributed by atoms with Crippen LogP contribution in [0.4, 0.5) is 5.69 Å². The van der Waals surface area contributed by atoms with Gasteiger partial charge in [-0.2, -0.15) is 0 Å². The number of amides is 3. The third kappa shape index (κ3) is 4.87. The maximum atomic E-state index is 12.5. The molecular formula is C21H28N4O4. The van der Waals surface area contributed by atoms with Gasteiger partial charge in [-0.3, -0.25) is 19.3 Å². The Morgan fingerprint density at radius 2 is 1.66 bits per heavy atom. The van der Waals surface area contributed by atoms with E-state index in [4.69, 9.17) is 4.74 Å². The summed E-state index contributed by atoms with van der Waals surface area (Å²) in [6.07, 6.45) is 3.37. The molecule has 29 heavy (non-hydrogen) atoms. The van der Waals surface area contributed by atoms with Gasteiger partial charge in [0.25, 0.3) is 5.91 Å². The number of hydrogen-bond donors (Lipinski definition) is 1. The Hall–Kier alpha value is -2.61. The Balaban J connectivity index is 1.21. The summed E-state index contributed by atoms with van der Waals surface area (Å²) in [5, 5.41) is 2.84. The number of nitrogens with zero attached hydrogens (tertiary/aromatic N) is 3. The number of hydrogen-bond acceptors (Lipinski definition) is 5. The molecule has 3 heterocycles. The summed E-state index contributed by atoms with van der Waals surface area (Å²) in [5.74, 6) is 0.835. The second-order valence-electron chi connectivity index (χ2n) is 7.90. The molecule has 0 aliphatic carbocycles. The molecule has 1 aromatic carbocycles. The fourth-order valence-corrected chi connectivity index (χ4v) is 4.10. The molecule has 0 atom stereocenters. The summed E-state index contributed by atoms with van der Waals surface area (Å²) in [7, 11) is 0. The van der Waals surface area contributed by atoms with E-state index in [9.17, 15) is 14.4 Å². The van der Waals surface area contributed by atoms with Gasteiger partial charge in [0.2, 0.25) is 11.8 Å². The minimum absolute atomic E-state index is 0.00213. The molecule has 2 saturated heterocycles. The lowest BCUT2D eigenvalue weighted by atomic mass is 10.0. The minimum atomic E-state index is -0.0402. The van der Waals surface area contributed by atoms with E-state index >= 15 is 0 Å². The highest BCUT2D eigenvalue weighted by Gasteiger charge is 2.25. The highest BCUT2D eigenvalue weighted by atomic mass is 16.5. The lowest BCUT2D eigenvalue weighted by molar-refractivity contribution is -0.136. The molecule has 1 N–H and O–H groups in total. The molecule has 0 radical (unpaired) electrons. The Morgan fingerprint density at radius 3 is 2.41 bits per heavy atom. The van der Waals surface area contributed by atoms with Crippen LogP contribution < -0.4 is 10.1 Å². The van der Waals surface area contributed by atoms with Crippen LogP contribution in [-0.2, 0) is 20.8 Å². The van der Waals surface area contributed by atoms with E-state index in [0.717, 1.165) is 37.2 Å². The van der Waals surface area contributed by atoms with Gasteiger partial charge in [0.1, 0.15) is 5.75 Å². The normalized spacial score (nSPS) is 19.7. The summed E-state index contributed by atoms with van der Waals surface area (Å²) in [6, 6.07) is 5.49. The van der Waals surface area contributed by atoms with Crippen molar-refractivity contribution < 1.29 is 19.1 Å². The molecule has 0 bridgehead atoms. The number of carbonyl (C=O) groups is 3. The van der Waals surface area contributed by atoms with E-state index in [2.05, 4.69) is 10.2 Å². The molecule has 3 amide bonds. The summed E-state index contributed by atoms with van der Waals surface area (Å²) in [4.78, 5) is 42.1. The lowest BCUT2D eigenvalue weighted by Gasteiger charge is -2.35. The molecule has 8 heteroatoms. The van der Waals surface area contributed by atoms with Crippen LogP contribution in [-0.4, -0.2) is 84.8 Å². The molecule has 1 aromatic rings. The van der Waals surface area contributed by atoms with Crippen molar-refractivity contribution in [3.05, 3.63) is 23.8 Å². The maximum absolute atomic E-state index is 12.5. The van der Waals surface area contributed by atoms with Crippen molar-refractivity contribution in [1.29, 1.82) is 0 Å². The van der Waals surface area contributed by atoms with E-state index in [1.54, 1.807) is 11.0 Å². The van der Waals surface area contributed by atoms with Gasteiger partial charge in [0.05, 0.1) is 6.54 Å². The van der Waals surface area contributed by atoms with E-state index in [-0.39, 0.29) is 24.3 Å². The number of piperazine rings is 1. The second-order valence-corrected chi connectivity index (χ2v) is 7.90. The number of carbonyl (C=O) groups excluding carboxylic acids is 3. The van der Waals surface area contributed by atoms with Gasteiger partial charge in [0.15, 0.2) is 6.61 Å². The zero-order valence-corrected chi connectivity index (χ0v) is 16.7. The molecule has 3 aliphatic rings. The van der Waals surface area contributed by atoms with E-state index in [1.807, 2.05) is 17.0 Å². The van der Waals surface area contributed by atoms with E-state index < -0.39 is 0 Å². The first-order valence-electron chi connectivity index (χ1n) is 10.4. The number of benzene rings is 1. The van der Waals surface area contributed by atoms with Crippen LogP contribution in [0, 0.1) is 0 Å². The fraction of sp³-hybridized carbons (Fsp3) is 0.571. The van der Waals surface area contributed by atoms with Gasteiger partial charge in [0, 0.05) is 51.4 Å². The number of likely N-dealkylation sites (tertiary alicyclic amines) is 1. The van der Waals surface area contributed by atoms with Crippen LogP contribution in [0.2, 0.25) is 0 Å². The first-order chi connectivity index (χ1) is 14.1. The Bertz CT molecular complexity index is 783. The summed E-state index contributed by atoms with van der Waals surface area (Å²) in [5.41, 5.74) is 1.85. The van der Waals surface area contributed by atoms with Crippen molar-refractivity contribution in [3.63, 3.8) is 0 Å². The van der Waals surface area contributed by atoms with Crippen molar-refractivity contribution >= 4 is 23.4 Å². The van der Waals surface area contributed by atoms with Crippen LogP contribution in [0.15, 0.2) is 18.2 Å². The van der Waals surface area contributed by atoms with Crippen molar-refractivity contribution in [3.8, 4) is 5.75 Å². The Labute approximate surface area is 170 Å². The van der Waals surface area contributed by atoms with Crippen LogP contribution in [0.1, 0.15) is 24.8 Å². The molecule has 3 aliphatic heterocycles. The number of anilines is 1. The number of aryl methyl sites for hydroxylation is 1. The predicted octanol–water partition coefficient (Wildman–Crippen LogP) is 0.717. The summed E-state index contributed by atoms with van der Waals surface area (Å²) < 4.78 is 5.69. The summed E-state index contributed by atoms with van der Waals surface area (Å²) >= 11 is 0. The molecule has 2 fully saturated rings. The minimum Gasteiger partial charge on any atom is -0.484 e. The largest absolute Gasteiger partial charge is 0.484 e. The van der Waals surface area contributed by atoms with Gasteiger partial charge in [-0.1, -0.05) is 0 Å². The average molecular weight is 400 g/mol. The molecule has 4 rings (SSSR count). The molecule has 0 saturated carbocycles. The molecule has 0 spiro atoms. The fourth-order valence-electron chi connectivity index (χ4n) is 4.10. The standard InChI is InChI=1S/C21H28N4O4/c26-19-6-3-16-13-17(4-5-18(16)22-19)29-15-21(28)25-11-9-23(10-12-25)14-20(27)24-7-1-2-8-24/h4-5,13H,1-3,6-12,14-15H2,(H,22,26). The van der Waals surface area contributed by atoms with Crippen molar-refractivity contribution in [2.45, 2.75) is 25.7 Å². The van der Waals surface area contributed by atoms with Crippen molar-refractivity contribution in [1.82, 2.24) is 14.7 Å². The molecule has 0 aromatic heterocycles. The average Bonchev–Trinajstić information content (AvgIpc) is 3.27. The molecular weight excluding hydrogens is 372 g/mol. The highest BCUT2D eigenvalue weighted by molar-refractivity contribution is 5.94. The monoisotopic (exact) mass is 400 g/mol. The third-order valence-corrected chi connectivity index (χ3v) is 5.88. The van der Waals surface area contributed by atoms with Crippen LogP contribution in [0.25, 0.3) is 0 Å². The van der Waals surface area contributed by atoms with Crippen molar-refractivity contribution in [2.24, 2.45) is 0 Å². The molecule has 8 nitrogen and oxygen atoms in total. The Morgan fingerprint density at radius 1 is 0.931 bits per heavy atom. The van der Waals surface area contributed by atoms with Gasteiger partial charge >= 0.3 is 0 Å². The number of ether oxygens (including phenoxy) is 1. The predicted molar refractivity (Wildman–Crippen MR) is 108 cm³/mol. The topological polar surface area (TPSA) is 82.2 Å². The SMILES string of the molecule is O=C1CCc2cc(OCC(=O)N3CCN(CC(=O)N4CCCC4)CC3)ccc2N1. The number of rotatable bonds is 5. The molecule has 0 unspecified atom stereocenters. The van der Waals surface area contributed by atoms with Crippen LogP contribution >= 0.6 is 0 Å². The zero-order chi connectivity index (χ0) is 20.2. The highest BCUT2D eigenvalue weighted by Crippen LogP contribution is 2.26. The van der Waals surface area contributed by atoms with Crippen LogP contribution in [0.5, 0.6) is 5.75 Å². The summed E-state index contributed by atoms with van der Waals surface area (Å²) in [6.45, 7) is 4.86. The zero-order valence-electron chi connectivity index (χ0n) is 16.7. The van der Waals surface area contributed by atoms with Gasteiger partial charge in [-0.05, 0) is 43.0 Å². The van der Waals surface area contributed by atoms with Gasteiger partial charge < -0.3 is 19.9 Å². The van der Waals surface area contributed by atoms with Gasteiger partial charge in [-0.15, -0.1) is 0 Å². The first-order valence-corrected chi connectivity index (χ1v) is 10.4. The number of fused-ring (bicyclic) bond motifs is 1. The van der Waals surface area contributed by atoms with Crippen molar-refractivity contribution in [2.75, 3.05) is 57.7 Å².